The van der Waals surface area contributed by atoms with Gasteiger partial charge in [0.15, 0.2) is 17.3 Å². The molecule has 6 rings (SSSR count). The van der Waals surface area contributed by atoms with Gasteiger partial charge in [-0.05, 0) is 30.9 Å². The Morgan fingerprint density at radius 1 is 1.07 bits per heavy atom. The SMILES string of the molecule is COc1cc(-n2cnc(Nc3nc4c(c(N5CCC[C@H]5CO)n3)CCN(Cc3cccnc3)C4)c2)cc(OC)c1OC. The van der Waals surface area contributed by atoms with E-state index in [1.807, 2.05) is 35.2 Å². The Morgan fingerprint density at radius 3 is 2.62 bits per heavy atom. The molecule has 0 bridgehead atoms. The van der Waals surface area contributed by atoms with E-state index in [1.165, 1.54) is 5.56 Å². The molecule has 1 fully saturated rings. The highest BCUT2D eigenvalue weighted by Crippen LogP contribution is 2.39. The van der Waals surface area contributed by atoms with Gasteiger partial charge >= 0.3 is 0 Å². The van der Waals surface area contributed by atoms with E-state index in [4.69, 9.17) is 24.2 Å². The zero-order chi connectivity index (χ0) is 29.1. The van der Waals surface area contributed by atoms with E-state index in [0.29, 0.717) is 35.6 Å². The average Bonchev–Trinajstić information content (AvgIpc) is 3.70. The van der Waals surface area contributed by atoms with Crippen LogP contribution in [-0.2, 0) is 19.5 Å². The van der Waals surface area contributed by atoms with Crippen LogP contribution >= 0.6 is 0 Å². The van der Waals surface area contributed by atoms with Crippen LogP contribution in [0, 0.1) is 0 Å². The molecule has 2 aliphatic rings. The number of methoxy groups -OCH3 is 3. The van der Waals surface area contributed by atoms with Crippen molar-refractivity contribution in [2.24, 2.45) is 0 Å². The van der Waals surface area contributed by atoms with Crippen molar-refractivity contribution in [2.75, 3.05) is 51.2 Å². The zero-order valence-corrected chi connectivity index (χ0v) is 24.2. The number of hydrogen-bond donors (Lipinski definition) is 2. The third-order valence-corrected chi connectivity index (χ3v) is 7.88. The maximum absolute atomic E-state index is 10.1. The molecule has 42 heavy (non-hydrogen) atoms. The van der Waals surface area contributed by atoms with E-state index in [2.05, 4.69) is 31.2 Å². The summed E-state index contributed by atoms with van der Waals surface area (Å²) in [7, 11) is 4.76. The smallest absolute Gasteiger partial charge is 0.230 e. The predicted octanol–water partition coefficient (Wildman–Crippen LogP) is 3.35. The molecule has 0 radical (unpaired) electrons. The number of fused-ring (bicyclic) bond motifs is 1. The molecule has 2 N–H and O–H groups in total. The van der Waals surface area contributed by atoms with Gasteiger partial charge in [-0.2, -0.15) is 4.98 Å². The van der Waals surface area contributed by atoms with Crippen LogP contribution in [0.2, 0.25) is 0 Å². The molecular formula is C30H36N8O4. The number of anilines is 3. The van der Waals surface area contributed by atoms with Crippen molar-refractivity contribution in [3.63, 3.8) is 0 Å². The van der Waals surface area contributed by atoms with E-state index in [-0.39, 0.29) is 12.6 Å². The molecule has 0 saturated carbocycles. The Bertz CT molecular complexity index is 1500. The summed E-state index contributed by atoms with van der Waals surface area (Å²) in [6, 6.07) is 7.85. The van der Waals surface area contributed by atoms with Crippen LogP contribution in [0.3, 0.4) is 0 Å². The molecule has 1 atom stereocenters. The molecule has 0 unspecified atom stereocenters. The molecule has 1 aromatic carbocycles. The summed E-state index contributed by atoms with van der Waals surface area (Å²) in [6.07, 6.45) is 10.1. The van der Waals surface area contributed by atoms with Crippen LogP contribution in [0.15, 0.2) is 49.2 Å². The predicted molar refractivity (Wildman–Crippen MR) is 158 cm³/mol. The van der Waals surface area contributed by atoms with Crippen molar-refractivity contribution in [2.45, 2.75) is 38.4 Å². The van der Waals surface area contributed by atoms with Gasteiger partial charge in [0.1, 0.15) is 12.1 Å². The summed E-state index contributed by atoms with van der Waals surface area (Å²) in [5, 5.41) is 13.4. The van der Waals surface area contributed by atoms with Gasteiger partial charge in [0.05, 0.1) is 51.6 Å². The van der Waals surface area contributed by atoms with E-state index < -0.39 is 0 Å². The van der Waals surface area contributed by atoms with Gasteiger partial charge in [-0.1, -0.05) is 6.07 Å². The lowest BCUT2D eigenvalue weighted by atomic mass is 10.0. The quantitative estimate of drug-likeness (QED) is 0.291. The fraction of sp³-hybridized carbons (Fsp3) is 0.400. The minimum atomic E-state index is 0.0597. The number of nitrogens with zero attached hydrogens (tertiary/aromatic N) is 7. The van der Waals surface area contributed by atoms with Crippen LogP contribution in [-0.4, -0.2) is 81.6 Å². The van der Waals surface area contributed by atoms with E-state index >= 15 is 0 Å². The third kappa shape index (κ3) is 5.55. The standard InChI is InChI=1S/C30H36N8O4/c1-40-25-12-22(13-26(41-2)28(25)42-3)37-17-27(32-19-37)34-30-33-24-16-36(15-20-6-4-9-31-14-20)11-8-23(24)29(35-30)38-10-5-7-21(38)18-39/h4,6,9,12-14,17,19,21,39H,5,7-8,10-11,15-16,18H2,1-3H3,(H,33,34,35)/t21-/m0/s1. The summed E-state index contributed by atoms with van der Waals surface area (Å²) in [4.78, 5) is 23.4. The fourth-order valence-electron chi connectivity index (χ4n) is 5.81. The average molecular weight is 573 g/mol. The highest BCUT2D eigenvalue weighted by molar-refractivity contribution is 5.60. The molecule has 0 aliphatic carbocycles. The lowest BCUT2D eigenvalue weighted by Gasteiger charge is -2.33. The van der Waals surface area contributed by atoms with Gasteiger partial charge in [0.2, 0.25) is 11.7 Å². The number of pyridine rings is 1. The zero-order valence-electron chi connectivity index (χ0n) is 24.2. The Kier molecular flexibility index (Phi) is 8.06. The number of aliphatic hydroxyl groups excluding tert-OH is 1. The first kappa shape index (κ1) is 27.7. The summed E-state index contributed by atoms with van der Waals surface area (Å²) < 4.78 is 18.4. The first-order chi connectivity index (χ1) is 20.6. The largest absolute Gasteiger partial charge is 0.493 e. The maximum Gasteiger partial charge on any atom is 0.230 e. The van der Waals surface area contributed by atoms with Gasteiger partial charge in [-0.25, -0.2) is 9.97 Å². The second-order valence-electron chi connectivity index (χ2n) is 10.5. The first-order valence-corrected chi connectivity index (χ1v) is 14.1. The Hall–Kier alpha value is -4.42. The highest BCUT2D eigenvalue weighted by atomic mass is 16.5. The van der Waals surface area contributed by atoms with Gasteiger partial charge < -0.3 is 34.1 Å². The molecule has 0 amide bonds. The van der Waals surface area contributed by atoms with Gasteiger partial charge in [-0.3, -0.25) is 9.88 Å². The summed E-state index contributed by atoms with van der Waals surface area (Å²) in [5.41, 5.74) is 4.12. The number of benzene rings is 1. The van der Waals surface area contributed by atoms with Crippen molar-refractivity contribution >= 4 is 17.6 Å². The van der Waals surface area contributed by atoms with Crippen molar-refractivity contribution in [3.8, 4) is 22.9 Å². The number of hydrogen-bond acceptors (Lipinski definition) is 11. The Morgan fingerprint density at radius 2 is 1.90 bits per heavy atom. The summed E-state index contributed by atoms with van der Waals surface area (Å²) in [6.45, 7) is 3.38. The Balaban J connectivity index is 1.30. The molecule has 4 aromatic rings. The number of ether oxygens (including phenoxy) is 3. The molecule has 12 heteroatoms. The number of aromatic nitrogens is 5. The van der Waals surface area contributed by atoms with Crippen molar-refractivity contribution in [3.05, 3.63) is 66.0 Å². The van der Waals surface area contributed by atoms with Crippen LogP contribution in [0.5, 0.6) is 17.2 Å². The molecule has 5 heterocycles. The summed E-state index contributed by atoms with van der Waals surface area (Å²) >= 11 is 0. The molecule has 220 valence electrons. The van der Waals surface area contributed by atoms with E-state index in [0.717, 1.165) is 61.7 Å². The van der Waals surface area contributed by atoms with Crippen LogP contribution in [0.25, 0.3) is 5.69 Å². The second kappa shape index (κ2) is 12.2. The highest BCUT2D eigenvalue weighted by Gasteiger charge is 2.31. The van der Waals surface area contributed by atoms with Crippen LogP contribution < -0.4 is 24.4 Å². The summed E-state index contributed by atoms with van der Waals surface area (Å²) in [5.74, 6) is 3.61. The normalized spacial score (nSPS) is 16.8. The molecule has 1 saturated heterocycles. The van der Waals surface area contributed by atoms with E-state index in [9.17, 15) is 5.11 Å². The molecular weight excluding hydrogens is 536 g/mol. The number of imidazole rings is 1. The fourth-order valence-corrected chi connectivity index (χ4v) is 5.81. The third-order valence-electron chi connectivity index (χ3n) is 7.88. The van der Waals surface area contributed by atoms with Gasteiger partial charge in [-0.15, -0.1) is 0 Å². The first-order valence-electron chi connectivity index (χ1n) is 14.1. The number of aliphatic hydroxyl groups is 1. The van der Waals surface area contributed by atoms with Gasteiger partial charge in [0.25, 0.3) is 0 Å². The lowest BCUT2D eigenvalue weighted by Crippen LogP contribution is -2.37. The monoisotopic (exact) mass is 572 g/mol. The molecule has 0 spiro atoms. The molecule has 2 aliphatic heterocycles. The minimum absolute atomic E-state index is 0.0597. The number of nitrogens with one attached hydrogen (secondary N) is 1. The topological polar surface area (TPSA) is 123 Å². The van der Waals surface area contributed by atoms with Gasteiger partial charge in [0, 0.05) is 56.3 Å². The van der Waals surface area contributed by atoms with Crippen LogP contribution in [0.4, 0.5) is 17.6 Å². The van der Waals surface area contributed by atoms with Crippen molar-refractivity contribution in [1.82, 2.24) is 29.4 Å². The van der Waals surface area contributed by atoms with Crippen molar-refractivity contribution < 1.29 is 19.3 Å². The second-order valence-corrected chi connectivity index (χ2v) is 10.5. The van der Waals surface area contributed by atoms with Crippen LogP contribution in [0.1, 0.15) is 29.7 Å². The maximum atomic E-state index is 10.1. The van der Waals surface area contributed by atoms with Crippen molar-refractivity contribution in [1.29, 1.82) is 0 Å². The number of rotatable bonds is 10. The molecule has 12 nitrogen and oxygen atoms in total. The van der Waals surface area contributed by atoms with E-state index in [1.54, 1.807) is 33.9 Å². The molecule has 3 aromatic heterocycles. The Labute approximate surface area is 244 Å². The lowest BCUT2D eigenvalue weighted by molar-refractivity contribution is 0.240. The minimum Gasteiger partial charge on any atom is -0.493 e.